The molecule has 1 heterocycles. The van der Waals surface area contributed by atoms with Crippen molar-refractivity contribution in [3.05, 3.63) is 0 Å². The summed E-state index contributed by atoms with van der Waals surface area (Å²) < 4.78 is 5.29. The summed E-state index contributed by atoms with van der Waals surface area (Å²) >= 11 is 0. The molecule has 0 saturated carbocycles. The molecule has 2 heteroatoms. The number of aliphatic hydroxyl groups is 1. The highest BCUT2D eigenvalue weighted by molar-refractivity contribution is 4.73. The zero-order valence-electron chi connectivity index (χ0n) is 10.2. The van der Waals surface area contributed by atoms with Gasteiger partial charge >= 0.3 is 0 Å². The van der Waals surface area contributed by atoms with Gasteiger partial charge in [0, 0.05) is 12.5 Å². The molecule has 1 saturated heterocycles. The van der Waals surface area contributed by atoms with Crippen molar-refractivity contribution in [2.24, 2.45) is 11.8 Å². The summed E-state index contributed by atoms with van der Waals surface area (Å²) in [4.78, 5) is 0. The monoisotopic (exact) mass is 214 g/mol. The lowest BCUT2D eigenvalue weighted by Gasteiger charge is -2.18. The molecule has 3 unspecified atom stereocenters. The Morgan fingerprint density at radius 3 is 2.73 bits per heavy atom. The van der Waals surface area contributed by atoms with Crippen LogP contribution in [0.1, 0.15) is 52.4 Å². The second kappa shape index (κ2) is 7.24. The maximum atomic E-state index is 9.94. The second-order valence-electron chi connectivity index (χ2n) is 5.02. The van der Waals surface area contributed by atoms with Crippen molar-refractivity contribution in [2.45, 2.75) is 58.5 Å². The SMILES string of the molecule is CCCCC(C)CCC(O)C1CCOC1. The highest BCUT2D eigenvalue weighted by Crippen LogP contribution is 2.22. The van der Waals surface area contributed by atoms with Gasteiger partial charge in [-0.2, -0.15) is 0 Å². The first kappa shape index (κ1) is 13.0. The van der Waals surface area contributed by atoms with Gasteiger partial charge in [-0.3, -0.25) is 0 Å². The van der Waals surface area contributed by atoms with E-state index in [-0.39, 0.29) is 6.10 Å². The summed E-state index contributed by atoms with van der Waals surface area (Å²) in [5.74, 6) is 1.17. The van der Waals surface area contributed by atoms with Crippen molar-refractivity contribution in [1.82, 2.24) is 0 Å². The minimum atomic E-state index is -0.128. The normalized spacial score (nSPS) is 25.4. The van der Waals surface area contributed by atoms with E-state index in [2.05, 4.69) is 13.8 Å². The van der Waals surface area contributed by atoms with E-state index in [4.69, 9.17) is 4.74 Å². The van der Waals surface area contributed by atoms with Gasteiger partial charge in [0.25, 0.3) is 0 Å². The van der Waals surface area contributed by atoms with Crippen LogP contribution in [0, 0.1) is 11.8 Å². The van der Waals surface area contributed by atoms with Crippen molar-refractivity contribution in [1.29, 1.82) is 0 Å². The number of unbranched alkanes of at least 4 members (excludes halogenated alkanes) is 1. The Bertz CT molecular complexity index is 153. The summed E-state index contributed by atoms with van der Waals surface area (Å²) in [5.41, 5.74) is 0. The maximum absolute atomic E-state index is 9.94. The van der Waals surface area contributed by atoms with E-state index in [9.17, 15) is 5.11 Å². The van der Waals surface area contributed by atoms with Crippen LogP contribution >= 0.6 is 0 Å². The summed E-state index contributed by atoms with van der Waals surface area (Å²) in [6, 6.07) is 0. The molecule has 2 nitrogen and oxygen atoms in total. The first-order chi connectivity index (χ1) is 7.24. The van der Waals surface area contributed by atoms with Gasteiger partial charge in [0.15, 0.2) is 0 Å². The maximum Gasteiger partial charge on any atom is 0.0591 e. The van der Waals surface area contributed by atoms with Crippen LogP contribution in [0.2, 0.25) is 0 Å². The van der Waals surface area contributed by atoms with Gasteiger partial charge in [0.1, 0.15) is 0 Å². The summed E-state index contributed by atoms with van der Waals surface area (Å²) in [6.45, 7) is 6.14. The molecule has 1 aliphatic rings. The third-order valence-corrected chi connectivity index (χ3v) is 3.51. The van der Waals surface area contributed by atoms with Crippen molar-refractivity contribution in [3.8, 4) is 0 Å². The molecule has 15 heavy (non-hydrogen) atoms. The summed E-state index contributed by atoms with van der Waals surface area (Å²) in [5, 5.41) is 9.94. The Morgan fingerprint density at radius 1 is 1.33 bits per heavy atom. The van der Waals surface area contributed by atoms with E-state index in [1.165, 1.54) is 19.3 Å². The second-order valence-corrected chi connectivity index (χ2v) is 5.02. The van der Waals surface area contributed by atoms with Crippen LogP contribution in [-0.4, -0.2) is 24.4 Å². The molecule has 3 atom stereocenters. The van der Waals surface area contributed by atoms with E-state index in [1.807, 2.05) is 0 Å². The Hall–Kier alpha value is -0.0800. The Kier molecular flexibility index (Phi) is 6.26. The third kappa shape index (κ3) is 4.98. The average molecular weight is 214 g/mol. The van der Waals surface area contributed by atoms with Crippen LogP contribution < -0.4 is 0 Å². The highest BCUT2D eigenvalue weighted by atomic mass is 16.5. The highest BCUT2D eigenvalue weighted by Gasteiger charge is 2.23. The topological polar surface area (TPSA) is 29.5 Å². The van der Waals surface area contributed by atoms with Crippen LogP contribution in [0.15, 0.2) is 0 Å². The van der Waals surface area contributed by atoms with Crippen LogP contribution in [-0.2, 0) is 4.74 Å². The van der Waals surface area contributed by atoms with E-state index >= 15 is 0 Å². The quantitative estimate of drug-likeness (QED) is 0.706. The fraction of sp³-hybridized carbons (Fsp3) is 1.00. The molecular weight excluding hydrogens is 188 g/mol. The van der Waals surface area contributed by atoms with Crippen molar-refractivity contribution >= 4 is 0 Å². The molecule has 0 aliphatic carbocycles. The predicted octanol–water partition coefficient (Wildman–Crippen LogP) is 2.99. The Labute approximate surface area is 94.0 Å². The third-order valence-electron chi connectivity index (χ3n) is 3.51. The van der Waals surface area contributed by atoms with Gasteiger partial charge in [-0.05, 0) is 25.2 Å². The van der Waals surface area contributed by atoms with Crippen molar-refractivity contribution in [3.63, 3.8) is 0 Å². The standard InChI is InChI=1S/C13H26O2/c1-3-4-5-11(2)6-7-13(14)12-8-9-15-10-12/h11-14H,3-10H2,1-2H3. The van der Waals surface area contributed by atoms with Crippen LogP contribution in [0.4, 0.5) is 0 Å². The van der Waals surface area contributed by atoms with E-state index in [1.54, 1.807) is 0 Å². The summed E-state index contributed by atoms with van der Waals surface area (Å²) in [7, 11) is 0. The molecule has 1 fully saturated rings. The Morgan fingerprint density at radius 2 is 2.13 bits per heavy atom. The minimum Gasteiger partial charge on any atom is -0.393 e. The van der Waals surface area contributed by atoms with E-state index in [0.717, 1.165) is 38.4 Å². The molecule has 0 aromatic heterocycles. The van der Waals surface area contributed by atoms with Crippen molar-refractivity contribution in [2.75, 3.05) is 13.2 Å². The zero-order valence-corrected chi connectivity index (χ0v) is 10.2. The van der Waals surface area contributed by atoms with Gasteiger partial charge in [-0.1, -0.05) is 33.1 Å². The largest absolute Gasteiger partial charge is 0.393 e. The minimum absolute atomic E-state index is 0.128. The zero-order chi connectivity index (χ0) is 11.1. The van der Waals surface area contributed by atoms with Gasteiger partial charge < -0.3 is 9.84 Å². The van der Waals surface area contributed by atoms with Gasteiger partial charge in [0.2, 0.25) is 0 Å². The molecule has 0 aromatic carbocycles. The Balaban J connectivity index is 2.07. The molecular formula is C13H26O2. The first-order valence-corrected chi connectivity index (χ1v) is 6.49. The number of ether oxygens (including phenoxy) is 1. The molecule has 1 N–H and O–H groups in total. The fourth-order valence-corrected chi connectivity index (χ4v) is 2.24. The lowest BCUT2D eigenvalue weighted by atomic mass is 9.92. The molecule has 0 amide bonds. The lowest BCUT2D eigenvalue weighted by molar-refractivity contribution is 0.0793. The molecule has 90 valence electrons. The predicted molar refractivity (Wildman–Crippen MR) is 62.9 cm³/mol. The van der Waals surface area contributed by atoms with E-state index < -0.39 is 0 Å². The van der Waals surface area contributed by atoms with Crippen LogP contribution in [0.5, 0.6) is 0 Å². The van der Waals surface area contributed by atoms with Gasteiger partial charge in [-0.15, -0.1) is 0 Å². The van der Waals surface area contributed by atoms with Crippen LogP contribution in [0.3, 0.4) is 0 Å². The van der Waals surface area contributed by atoms with Crippen LogP contribution in [0.25, 0.3) is 0 Å². The van der Waals surface area contributed by atoms with Gasteiger partial charge in [-0.25, -0.2) is 0 Å². The smallest absolute Gasteiger partial charge is 0.0591 e. The first-order valence-electron chi connectivity index (χ1n) is 6.49. The molecule has 1 rings (SSSR count). The number of aliphatic hydroxyl groups excluding tert-OH is 1. The molecule has 1 aliphatic heterocycles. The average Bonchev–Trinajstić information content (AvgIpc) is 2.76. The number of hydrogen-bond donors (Lipinski definition) is 1. The molecule has 0 aromatic rings. The molecule has 0 radical (unpaired) electrons. The lowest BCUT2D eigenvalue weighted by Crippen LogP contribution is -2.21. The number of hydrogen-bond acceptors (Lipinski definition) is 2. The fourth-order valence-electron chi connectivity index (χ4n) is 2.24. The summed E-state index contributed by atoms with van der Waals surface area (Å²) in [6.07, 6.45) is 6.95. The van der Waals surface area contributed by atoms with Crippen molar-refractivity contribution < 1.29 is 9.84 Å². The van der Waals surface area contributed by atoms with E-state index in [0.29, 0.717) is 5.92 Å². The number of rotatable bonds is 7. The van der Waals surface area contributed by atoms with Gasteiger partial charge in [0.05, 0.1) is 12.7 Å². The molecule has 0 bridgehead atoms. The molecule has 0 spiro atoms.